The highest BCUT2D eigenvalue weighted by molar-refractivity contribution is 8.02. The highest BCUT2D eigenvalue weighted by Crippen LogP contribution is 2.29. The Morgan fingerprint density at radius 1 is 1.52 bits per heavy atom. The van der Waals surface area contributed by atoms with Gasteiger partial charge in [0.1, 0.15) is 0 Å². The van der Waals surface area contributed by atoms with E-state index in [1.54, 1.807) is 11.3 Å². The second-order valence-corrected chi connectivity index (χ2v) is 9.37. The summed E-state index contributed by atoms with van der Waals surface area (Å²) in [5.74, 6) is 0.0166. The summed E-state index contributed by atoms with van der Waals surface area (Å²) >= 11 is 4.69. The Labute approximate surface area is 159 Å². The van der Waals surface area contributed by atoms with Crippen LogP contribution in [0.3, 0.4) is 0 Å². The van der Waals surface area contributed by atoms with Gasteiger partial charge in [-0.15, -0.1) is 21.5 Å². The summed E-state index contributed by atoms with van der Waals surface area (Å²) in [6.07, 6.45) is 3.25. The molecule has 2 N–H and O–H groups in total. The molecule has 1 aliphatic rings. The van der Waals surface area contributed by atoms with Crippen LogP contribution in [0.5, 0.6) is 0 Å². The van der Waals surface area contributed by atoms with Gasteiger partial charge in [0.2, 0.25) is 11.0 Å². The normalized spacial score (nSPS) is 18.2. The summed E-state index contributed by atoms with van der Waals surface area (Å²) in [5.41, 5.74) is 0. The number of hydrogen-bond donors (Lipinski definition) is 2. The first-order valence-corrected chi connectivity index (χ1v) is 10.9. The van der Waals surface area contributed by atoms with Gasteiger partial charge in [-0.2, -0.15) is 0 Å². The molecule has 0 spiro atoms. The van der Waals surface area contributed by atoms with Crippen molar-refractivity contribution in [3.05, 3.63) is 22.4 Å². The summed E-state index contributed by atoms with van der Waals surface area (Å²) in [6.45, 7) is 4.12. The summed E-state index contributed by atoms with van der Waals surface area (Å²) < 4.78 is 6.32. The number of carbonyl (C=O) groups excluding carboxylic acids is 1. The quantitative estimate of drug-likeness (QED) is 0.633. The minimum atomic E-state index is -0.201. The number of nitrogens with zero attached hydrogens (tertiary/aromatic N) is 2. The average Bonchev–Trinajstić information content (AvgIpc) is 3.36. The molecule has 9 heteroatoms. The van der Waals surface area contributed by atoms with Crippen LogP contribution < -0.4 is 10.6 Å². The second kappa shape index (κ2) is 9.51. The molecule has 2 atom stereocenters. The lowest BCUT2D eigenvalue weighted by Gasteiger charge is -2.13. The van der Waals surface area contributed by atoms with Gasteiger partial charge in [0, 0.05) is 24.6 Å². The maximum atomic E-state index is 12.2. The van der Waals surface area contributed by atoms with E-state index in [0.29, 0.717) is 6.54 Å². The standard InChI is InChI=1S/C16H22N4O2S3/c1-11(14(21)18-10-12-4-2-8-22-12)24-16-20-19-15(25-16)17-7-6-13-5-3-9-23-13/h3,5,9,11-12H,2,4,6-8,10H2,1H3,(H,17,19)(H,18,21). The zero-order valence-electron chi connectivity index (χ0n) is 14.1. The number of thiophene rings is 1. The maximum Gasteiger partial charge on any atom is 0.233 e. The highest BCUT2D eigenvalue weighted by Gasteiger charge is 2.20. The van der Waals surface area contributed by atoms with Crippen molar-refractivity contribution in [2.75, 3.05) is 25.0 Å². The highest BCUT2D eigenvalue weighted by atomic mass is 32.2. The maximum absolute atomic E-state index is 12.2. The summed E-state index contributed by atoms with van der Waals surface area (Å²) in [5, 5.41) is 17.2. The van der Waals surface area contributed by atoms with Crippen LogP contribution >= 0.6 is 34.4 Å². The molecular weight excluding hydrogens is 376 g/mol. The van der Waals surface area contributed by atoms with Crippen LogP contribution in [-0.4, -0.2) is 47.2 Å². The van der Waals surface area contributed by atoms with Crippen molar-refractivity contribution in [2.45, 2.75) is 41.9 Å². The fraction of sp³-hybridized carbons (Fsp3) is 0.562. The van der Waals surface area contributed by atoms with Crippen LogP contribution in [-0.2, 0) is 16.0 Å². The van der Waals surface area contributed by atoms with Gasteiger partial charge in [-0.25, -0.2) is 0 Å². The Bertz CT molecular complexity index is 656. The van der Waals surface area contributed by atoms with Crippen LogP contribution in [0.1, 0.15) is 24.6 Å². The van der Waals surface area contributed by atoms with Gasteiger partial charge in [-0.05, 0) is 37.6 Å². The first-order chi connectivity index (χ1) is 12.2. The molecule has 25 heavy (non-hydrogen) atoms. The molecule has 0 aromatic carbocycles. The Hall–Kier alpha value is -1.16. The topological polar surface area (TPSA) is 76.1 Å². The zero-order chi connectivity index (χ0) is 17.5. The molecule has 3 rings (SSSR count). The lowest BCUT2D eigenvalue weighted by Crippen LogP contribution is -2.36. The van der Waals surface area contributed by atoms with Gasteiger partial charge in [0.25, 0.3) is 0 Å². The Morgan fingerprint density at radius 2 is 2.44 bits per heavy atom. The van der Waals surface area contributed by atoms with Crippen molar-refractivity contribution >= 4 is 45.5 Å². The van der Waals surface area contributed by atoms with E-state index in [9.17, 15) is 4.79 Å². The number of anilines is 1. The molecule has 2 aromatic rings. The first-order valence-electron chi connectivity index (χ1n) is 8.36. The van der Waals surface area contributed by atoms with Gasteiger partial charge in [0.05, 0.1) is 11.4 Å². The predicted molar refractivity (Wildman–Crippen MR) is 104 cm³/mol. The van der Waals surface area contributed by atoms with E-state index >= 15 is 0 Å². The second-order valence-electron chi connectivity index (χ2n) is 5.77. The molecule has 2 aromatic heterocycles. The minimum absolute atomic E-state index is 0.0166. The fourth-order valence-electron chi connectivity index (χ4n) is 2.44. The van der Waals surface area contributed by atoms with Gasteiger partial charge < -0.3 is 15.4 Å². The Balaban J connectivity index is 1.38. The predicted octanol–water partition coefficient (Wildman–Crippen LogP) is 3.03. The van der Waals surface area contributed by atoms with Crippen LogP contribution in [0.25, 0.3) is 0 Å². The lowest BCUT2D eigenvalue weighted by atomic mass is 10.2. The van der Waals surface area contributed by atoms with Crippen LogP contribution in [0.2, 0.25) is 0 Å². The van der Waals surface area contributed by atoms with E-state index in [4.69, 9.17) is 4.74 Å². The molecule has 1 saturated heterocycles. The number of amides is 1. The third kappa shape index (κ3) is 5.95. The van der Waals surface area contributed by atoms with Crippen molar-refractivity contribution in [2.24, 2.45) is 0 Å². The molecule has 2 unspecified atom stereocenters. The first kappa shape index (κ1) is 18.6. The summed E-state index contributed by atoms with van der Waals surface area (Å²) in [6, 6.07) is 4.19. The largest absolute Gasteiger partial charge is 0.376 e. The molecule has 0 aliphatic carbocycles. The number of carbonyl (C=O) groups is 1. The molecular formula is C16H22N4O2S3. The number of thioether (sulfide) groups is 1. The van der Waals surface area contributed by atoms with Crippen LogP contribution in [0.4, 0.5) is 5.13 Å². The van der Waals surface area contributed by atoms with E-state index in [2.05, 4.69) is 38.3 Å². The SMILES string of the molecule is CC(Sc1nnc(NCCc2cccs2)s1)C(=O)NCC1CCCO1. The van der Waals surface area contributed by atoms with E-state index < -0.39 is 0 Å². The Morgan fingerprint density at radius 3 is 3.20 bits per heavy atom. The number of rotatable bonds is 9. The zero-order valence-corrected chi connectivity index (χ0v) is 16.5. The molecule has 136 valence electrons. The number of ether oxygens (including phenoxy) is 1. The number of aromatic nitrogens is 2. The number of hydrogen-bond acceptors (Lipinski definition) is 8. The number of nitrogens with one attached hydrogen (secondary N) is 2. The van der Waals surface area contributed by atoms with Gasteiger partial charge >= 0.3 is 0 Å². The van der Waals surface area contributed by atoms with Gasteiger partial charge in [-0.1, -0.05) is 29.2 Å². The molecule has 6 nitrogen and oxygen atoms in total. The molecule has 1 fully saturated rings. The van der Waals surface area contributed by atoms with E-state index in [1.165, 1.54) is 28.0 Å². The lowest BCUT2D eigenvalue weighted by molar-refractivity contribution is -0.120. The van der Waals surface area contributed by atoms with Crippen LogP contribution in [0, 0.1) is 0 Å². The Kier molecular flexibility index (Phi) is 7.09. The third-order valence-electron chi connectivity index (χ3n) is 3.81. The van der Waals surface area contributed by atoms with Crippen molar-refractivity contribution in [3.63, 3.8) is 0 Å². The van der Waals surface area contributed by atoms with Crippen molar-refractivity contribution < 1.29 is 9.53 Å². The fourth-order valence-corrected chi connectivity index (χ4v) is 5.10. The van der Waals surface area contributed by atoms with E-state index in [-0.39, 0.29) is 17.3 Å². The van der Waals surface area contributed by atoms with Crippen molar-refractivity contribution in [1.29, 1.82) is 0 Å². The summed E-state index contributed by atoms with van der Waals surface area (Å²) in [7, 11) is 0. The molecule has 1 aliphatic heterocycles. The third-order valence-corrected chi connectivity index (χ3v) is 6.81. The smallest absolute Gasteiger partial charge is 0.233 e. The molecule has 0 bridgehead atoms. The van der Waals surface area contributed by atoms with Gasteiger partial charge in [-0.3, -0.25) is 4.79 Å². The van der Waals surface area contributed by atoms with E-state index in [0.717, 1.165) is 41.9 Å². The molecule has 3 heterocycles. The monoisotopic (exact) mass is 398 g/mol. The summed E-state index contributed by atoms with van der Waals surface area (Å²) in [4.78, 5) is 13.5. The molecule has 1 amide bonds. The van der Waals surface area contributed by atoms with Gasteiger partial charge in [0.15, 0.2) is 4.34 Å². The van der Waals surface area contributed by atoms with Crippen LogP contribution in [0.15, 0.2) is 21.9 Å². The van der Waals surface area contributed by atoms with Crippen molar-refractivity contribution in [1.82, 2.24) is 15.5 Å². The minimum Gasteiger partial charge on any atom is -0.376 e. The van der Waals surface area contributed by atoms with E-state index in [1.807, 2.05) is 6.92 Å². The van der Waals surface area contributed by atoms with Crippen molar-refractivity contribution in [3.8, 4) is 0 Å². The average molecular weight is 399 g/mol. The molecule has 0 saturated carbocycles. The molecule has 0 radical (unpaired) electrons.